The molecular formula is C23H22Cl2N2O3S. The van der Waals surface area contributed by atoms with E-state index in [9.17, 15) is 13.2 Å². The van der Waals surface area contributed by atoms with Gasteiger partial charge in [-0.15, -0.1) is 0 Å². The molecule has 0 aromatic heterocycles. The lowest BCUT2D eigenvalue weighted by atomic mass is 10.1. The molecule has 3 rings (SSSR count). The normalized spacial score (nSPS) is 11.3. The number of carbonyl (C=O) groups excluding carboxylic acids is 1. The molecule has 0 bridgehead atoms. The van der Waals surface area contributed by atoms with Crippen molar-refractivity contribution in [2.24, 2.45) is 0 Å². The van der Waals surface area contributed by atoms with E-state index >= 15 is 0 Å². The maximum atomic E-state index is 13.0. The molecular weight excluding hydrogens is 455 g/mol. The predicted molar refractivity (Wildman–Crippen MR) is 127 cm³/mol. The fourth-order valence-corrected chi connectivity index (χ4v) is 4.86. The molecule has 162 valence electrons. The molecule has 3 aromatic rings. The quantitative estimate of drug-likeness (QED) is 0.464. The molecule has 0 aliphatic rings. The zero-order valence-electron chi connectivity index (χ0n) is 17.3. The van der Waals surface area contributed by atoms with Gasteiger partial charge in [0.05, 0.1) is 27.0 Å². The first kappa shape index (κ1) is 23.1. The summed E-state index contributed by atoms with van der Waals surface area (Å²) in [6, 6.07) is 15.2. The van der Waals surface area contributed by atoms with Crippen molar-refractivity contribution in [1.29, 1.82) is 0 Å². The van der Waals surface area contributed by atoms with Gasteiger partial charge in [0.1, 0.15) is 0 Å². The summed E-state index contributed by atoms with van der Waals surface area (Å²) >= 11 is 11.9. The second kappa shape index (κ2) is 9.30. The SMILES string of the molecule is Cc1ccc(NS(=O)(=O)c2cc(NC(=O)Cc3ccc(Cl)c(Cl)c3)ccc2C)c(C)c1. The van der Waals surface area contributed by atoms with Crippen LogP contribution in [0.1, 0.15) is 22.3 Å². The number of nitrogens with one attached hydrogen (secondary N) is 2. The van der Waals surface area contributed by atoms with Crippen molar-refractivity contribution in [2.45, 2.75) is 32.1 Å². The van der Waals surface area contributed by atoms with Crippen molar-refractivity contribution >= 4 is 50.5 Å². The molecule has 0 fully saturated rings. The van der Waals surface area contributed by atoms with Gasteiger partial charge in [0, 0.05) is 5.69 Å². The molecule has 1 amide bonds. The monoisotopic (exact) mass is 476 g/mol. The maximum Gasteiger partial charge on any atom is 0.262 e. The Labute approximate surface area is 192 Å². The minimum atomic E-state index is -3.84. The molecule has 0 heterocycles. The number of hydrogen-bond acceptors (Lipinski definition) is 3. The van der Waals surface area contributed by atoms with Gasteiger partial charge in [-0.2, -0.15) is 0 Å². The third-order valence-corrected chi connectivity index (χ3v) is 6.98. The zero-order chi connectivity index (χ0) is 22.8. The van der Waals surface area contributed by atoms with Crippen molar-refractivity contribution in [3.05, 3.63) is 86.9 Å². The van der Waals surface area contributed by atoms with E-state index in [-0.39, 0.29) is 17.2 Å². The van der Waals surface area contributed by atoms with Crippen LogP contribution in [-0.4, -0.2) is 14.3 Å². The van der Waals surface area contributed by atoms with Crippen LogP contribution in [0.5, 0.6) is 0 Å². The second-order valence-corrected chi connectivity index (χ2v) is 9.84. The molecule has 0 saturated carbocycles. The lowest BCUT2D eigenvalue weighted by Gasteiger charge is -2.14. The van der Waals surface area contributed by atoms with E-state index in [0.29, 0.717) is 32.5 Å². The van der Waals surface area contributed by atoms with E-state index in [0.717, 1.165) is 11.1 Å². The van der Waals surface area contributed by atoms with Crippen LogP contribution < -0.4 is 10.0 Å². The topological polar surface area (TPSA) is 75.3 Å². The molecule has 0 aliphatic carbocycles. The van der Waals surface area contributed by atoms with Gasteiger partial charge in [-0.1, -0.05) is 53.0 Å². The maximum absolute atomic E-state index is 13.0. The number of amides is 1. The second-order valence-electron chi connectivity index (χ2n) is 7.38. The highest BCUT2D eigenvalue weighted by Gasteiger charge is 2.19. The average Bonchev–Trinajstić information content (AvgIpc) is 2.68. The number of sulfonamides is 1. The van der Waals surface area contributed by atoms with Gasteiger partial charge >= 0.3 is 0 Å². The highest BCUT2D eigenvalue weighted by Crippen LogP contribution is 2.26. The van der Waals surface area contributed by atoms with E-state index in [1.165, 1.54) is 6.07 Å². The fraction of sp³-hybridized carbons (Fsp3) is 0.174. The average molecular weight is 477 g/mol. The molecule has 0 spiro atoms. The summed E-state index contributed by atoms with van der Waals surface area (Å²) in [5.41, 5.74) is 4.04. The molecule has 5 nitrogen and oxygen atoms in total. The van der Waals surface area contributed by atoms with E-state index < -0.39 is 10.0 Å². The van der Waals surface area contributed by atoms with Gasteiger partial charge in [0.25, 0.3) is 10.0 Å². The smallest absolute Gasteiger partial charge is 0.262 e. The van der Waals surface area contributed by atoms with Crippen LogP contribution in [0, 0.1) is 20.8 Å². The predicted octanol–water partition coefficient (Wildman–Crippen LogP) is 5.90. The van der Waals surface area contributed by atoms with Gasteiger partial charge in [-0.25, -0.2) is 8.42 Å². The Balaban J connectivity index is 1.80. The Morgan fingerprint density at radius 2 is 1.61 bits per heavy atom. The van der Waals surface area contributed by atoms with Gasteiger partial charge in [-0.3, -0.25) is 9.52 Å². The molecule has 2 N–H and O–H groups in total. The molecule has 8 heteroatoms. The number of rotatable bonds is 6. The Bertz CT molecular complexity index is 1260. The van der Waals surface area contributed by atoms with Crippen LogP contribution in [-0.2, 0) is 21.2 Å². The van der Waals surface area contributed by atoms with Crippen molar-refractivity contribution in [3.8, 4) is 0 Å². The van der Waals surface area contributed by atoms with Crippen LogP contribution in [0.3, 0.4) is 0 Å². The number of hydrogen-bond donors (Lipinski definition) is 2. The van der Waals surface area contributed by atoms with Crippen LogP contribution in [0.15, 0.2) is 59.5 Å². The minimum Gasteiger partial charge on any atom is -0.326 e. The van der Waals surface area contributed by atoms with Gasteiger partial charge in [0.15, 0.2) is 0 Å². The summed E-state index contributed by atoms with van der Waals surface area (Å²) in [4.78, 5) is 12.5. The molecule has 0 radical (unpaired) electrons. The first-order chi connectivity index (χ1) is 14.5. The van der Waals surface area contributed by atoms with Gasteiger partial charge < -0.3 is 5.32 Å². The van der Waals surface area contributed by atoms with Crippen molar-refractivity contribution in [3.63, 3.8) is 0 Å². The Morgan fingerprint density at radius 1 is 0.871 bits per heavy atom. The molecule has 0 unspecified atom stereocenters. The highest BCUT2D eigenvalue weighted by atomic mass is 35.5. The largest absolute Gasteiger partial charge is 0.326 e. The number of carbonyl (C=O) groups is 1. The lowest BCUT2D eigenvalue weighted by Crippen LogP contribution is -2.17. The van der Waals surface area contributed by atoms with E-state index in [2.05, 4.69) is 10.0 Å². The van der Waals surface area contributed by atoms with Gasteiger partial charge in [0.2, 0.25) is 5.91 Å². The lowest BCUT2D eigenvalue weighted by molar-refractivity contribution is -0.115. The number of benzene rings is 3. The molecule has 0 aliphatic heterocycles. The summed E-state index contributed by atoms with van der Waals surface area (Å²) in [5, 5.41) is 3.52. The molecule has 0 saturated heterocycles. The first-order valence-electron chi connectivity index (χ1n) is 9.49. The Kier molecular flexibility index (Phi) is 6.94. The summed E-state index contributed by atoms with van der Waals surface area (Å²) in [5.74, 6) is -0.298. The molecule has 0 atom stereocenters. The van der Waals surface area contributed by atoms with Crippen LogP contribution in [0.2, 0.25) is 10.0 Å². The fourth-order valence-electron chi connectivity index (χ4n) is 3.14. The molecule has 3 aromatic carbocycles. The summed E-state index contributed by atoms with van der Waals surface area (Å²) in [6.07, 6.45) is 0.0770. The van der Waals surface area contributed by atoms with Crippen molar-refractivity contribution in [1.82, 2.24) is 0 Å². The van der Waals surface area contributed by atoms with Crippen LogP contribution in [0.4, 0.5) is 11.4 Å². The highest BCUT2D eigenvalue weighted by molar-refractivity contribution is 7.92. The van der Waals surface area contributed by atoms with E-state index in [1.807, 2.05) is 26.0 Å². The molecule has 31 heavy (non-hydrogen) atoms. The van der Waals surface area contributed by atoms with Crippen LogP contribution >= 0.6 is 23.2 Å². The Hall–Kier alpha value is -2.54. The van der Waals surface area contributed by atoms with Gasteiger partial charge in [-0.05, 0) is 67.8 Å². The minimum absolute atomic E-state index is 0.0770. The number of anilines is 2. The van der Waals surface area contributed by atoms with Crippen molar-refractivity contribution < 1.29 is 13.2 Å². The Morgan fingerprint density at radius 3 is 2.29 bits per heavy atom. The first-order valence-corrected chi connectivity index (χ1v) is 11.7. The van der Waals surface area contributed by atoms with E-state index in [1.54, 1.807) is 43.3 Å². The standard InChI is InChI=1S/C23H22Cl2N2O3S/c1-14-4-9-21(16(3)10-14)27-31(29,30)22-13-18(7-5-15(22)2)26-23(28)12-17-6-8-19(24)20(25)11-17/h4-11,13,27H,12H2,1-3H3,(H,26,28). The van der Waals surface area contributed by atoms with E-state index in [4.69, 9.17) is 23.2 Å². The van der Waals surface area contributed by atoms with Crippen LogP contribution in [0.25, 0.3) is 0 Å². The summed E-state index contributed by atoms with van der Waals surface area (Å²) < 4.78 is 28.6. The van der Waals surface area contributed by atoms with Crippen molar-refractivity contribution in [2.75, 3.05) is 10.0 Å². The number of aryl methyl sites for hydroxylation is 3. The summed E-state index contributed by atoms with van der Waals surface area (Å²) in [6.45, 7) is 5.49. The summed E-state index contributed by atoms with van der Waals surface area (Å²) in [7, 11) is -3.84. The zero-order valence-corrected chi connectivity index (χ0v) is 19.6. The number of halogens is 2. The third-order valence-electron chi connectivity index (χ3n) is 4.74. The third kappa shape index (κ3) is 5.79.